The molecule has 0 aliphatic heterocycles. The SMILES string of the molecule is CCC(C)(C)CNC(=O)c1ccccc1. The van der Waals surface area contributed by atoms with Crippen molar-refractivity contribution in [2.24, 2.45) is 5.41 Å². The van der Waals surface area contributed by atoms with Crippen molar-refractivity contribution in [2.45, 2.75) is 27.2 Å². The largest absolute Gasteiger partial charge is 0.352 e. The summed E-state index contributed by atoms with van der Waals surface area (Å²) in [7, 11) is 0. The highest BCUT2D eigenvalue weighted by Crippen LogP contribution is 2.17. The molecule has 1 aromatic rings. The van der Waals surface area contributed by atoms with Crippen LogP contribution in [0.3, 0.4) is 0 Å². The summed E-state index contributed by atoms with van der Waals surface area (Å²) in [5, 5.41) is 2.95. The van der Waals surface area contributed by atoms with Gasteiger partial charge < -0.3 is 5.32 Å². The predicted molar refractivity (Wildman–Crippen MR) is 62.8 cm³/mol. The molecule has 0 fully saturated rings. The van der Waals surface area contributed by atoms with E-state index in [1.807, 2.05) is 30.3 Å². The van der Waals surface area contributed by atoms with Crippen LogP contribution in [0, 0.1) is 5.41 Å². The highest BCUT2D eigenvalue weighted by atomic mass is 16.1. The summed E-state index contributed by atoms with van der Waals surface area (Å²) in [5.41, 5.74) is 0.897. The van der Waals surface area contributed by atoms with E-state index < -0.39 is 0 Å². The number of carbonyl (C=O) groups excluding carboxylic acids is 1. The van der Waals surface area contributed by atoms with E-state index in [9.17, 15) is 4.79 Å². The zero-order chi connectivity index (χ0) is 11.3. The predicted octanol–water partition coefficient (Wildman–Crippen LogP) is 2.85. The molecule has 0 saturated heterocycles. The minimum absolute atomic E-state index is 0.0112. The fourth-order valence-corrected chi connectivity index (χ4v) is 1.14. The van der Waals surface area contributed by atoms with Crippen LogP contribution in [0.5, 0.6) is 0 Å². The van der Waals surface area contributed by atoms with E-state index >= 15 is 0 Å². The van der Waals surface area contributed by atoms with Crippen LogP contribution < -0.4 is 5.32 Å². The molecule has 1 N–H and O–H groups in total. The third kappa shape index (κ3) is 3.74. The van der Waals surface area contributed by atoms with Gasteiger partial charge in [0, 0.05) is 12.1 Å². The van der Waals surface area contributed by atoms with Crippen molar-refractivity contribution < 1.29 is 4.79 Å². The minimum Gasteiger partial charge on any atom is -0.352 e. The summed E-state index contributed by atoms with van der Waals surface area (Å²) in [6, 6.07) is 9.31. The van der Waals surface area contributed by atoms with Crippen LogP contribution in [0.4, 0.5) is 0 Å². The van der Waals surface area contributed by atoms with Gasteiger partial charge in [-0.2, -0.15) is 0 Å². The Bertz CT molecular complexity index is 317. The molecule has 82 valence electrons. The number of rotatable bonds is 4. The molecular formula is C13H19NO. The van der Waals surface area contributed by atoms with E-state index in [2.05, 4.69) is 26.1 Å². The van der Waals surface area contributed by atoms with Gasteiger partial charge in [0.1, 0.15) is 0 Å². The first-order valence-electron chi connectivity index (χ1n) is 5.38. The Balaban J connectivity index is 2.51. The molecule has 0 aliphatic carbocycles. The lowest BCUT2D eigenvalue weighted by atomic mass is 9.90. The van der Waals surface area contributed by atoms with E-state index in [1.165, 1.54) is 0 Å². The van der Waals surface area contributed by atoms with Crippen LogP contribution in [0.15, 0.2) is 30.3 Å². The van der Waals surface area contributed by atoms with Crippen LogP contribution in [0.2, 0.25) is 0 Å². The molecule has 0 aliphatic rings. The summed E-state index contributed by atoms with van der Waals surface area (Å²) in [4.78, 5) is 11.7. The Morgan fingerprint density at radius 2 is 1.87 bits per heavy atom. The van der Waals surface area contributed by atoms with E-state index in [4.69, 9.17) is 0 Å². The van der Waals surface area contributed by atoms with Gasteiger partial charge in [-0.1, -0.05) is 39.0 Å². The number of amides is 1. The van der Waals surface area contributed by atoms with Gasteiger partial charge in [-0.3, -0.25) is 4.79 Å². The van der Waals surface area contributed by atoms with Crippen molar-refractivity contribution in [3.8, 4) is 0 Å². The molecule has 0 aromatic heterocycles. The fourth-order valence-electron chi connectivity index (χ4n) is 1.14. The molecule has 0 bridgehead atoms. The van der Waals surface area contributed by atoms with Crippen LogP contribution in [-0.2, 0) is 0 Å². The Morgan fingerprint density at radius 1 is 1.27 bits per heavy atom. The van der Waals surface area contributed by atoms with Crippen molar-refractivity contribution in [1.82, 2.24) is 5.32 Å². The summed E-state index contributed by atoms with van der Waals surface area (Å²) in [6.45, 7) is 7.16. The molecule has 0 spiro atoms. The zero-order valence-corrected chi connectivity index (χ0v) is 9.71. The summed E-state index contributed by atoms with van der Waals surface area (Å²) >= 11 is 0. The molecule has 0 unspecified atom stereocenters. The fraction of sp³-hybridized carbons (Fsp3) is 0.462. The van der Waals surface area contributed by atoms with E-state index in [-0.39, 0.29) is 11.3 Å². The number of hydrogen-bond donors (Lipinski definition) is 1. The molecule has 2 heteroatoms. The maximum absolute atomic E-state index is 11.7. The molecule has 1 amide bonds. The van der Waals surface area contributed by atoms with Gasteiger partial charge in [-0.15, -0.1) is 0 Å². The molecule has 2 nitrogen and oxygen atoms in total. The molecule has 1 rings (SSSR count). The highest BCUT2D eigenvalue weighted by Gasteiger charge is 2.16. The van der Waals surface area contributed by atoms with Crippen molar-refractivity contribution in [1.29, 1.82) is 0 Å². The van der Waals surface area contributed by atoms with Gasteiger partial charge in [0.15, 0.2) is 0 Å². The quantitative estimate of drug-likeness (QED) is 0.804. The molecule has 15 heavy (non-hydrogen) atoms. The second-order valence-corrected chi connectivity index (χ2v) is 4.57. The maximum atomic E-state index is 11.7. The molecule has 0 atom stereocenters. The minimum atomic E-state index is 0.0112. The van der Waals surface area contributed by atoms with Crippen molar-refractivity contribution in [3.63, 3.8) is 0 Å². The van der Waals surface area contributed by atoms with Gasteiger partial charge in [0.2, 0.25) is 0 Å². The van der Waals surface area contributed by atoms with Gasteiger partial charge in [-0.05, 0) is 24.0 Å². The van der Waals surface area contributed by atoms with Crippen LogP contribution in [0.25, 0.3) is 0 Å². The monoisotopic (exact) mass is 205 g/mol. The Morgan fingerprint density at radius 3 is 2.40 bits per heavy atom. The number of benzene rings is 1. The Hall–Kier alpha value is -1.31. The molecule has 0 radical (unpaired) electrons. The van der Waals surface area contributed by atoms with Crippen molar-refractivity contribution >= 4 is 5.91 Å². The summed E-state index contributed by atoms with van der Waals surface area (Å²) in [6.07, 6.45) is 1.06. The summed E-state index contributed by atoms with van der Waals surface area (Å²) in [5.74, 6) is 0.0112. The third-order valence-electron chi connectivity index (χ3n) is 2.72. The average Bonchev–Trinajstić information content (AvgIpc) is 2.27. The number of nitrogens with one attached hydrogen (secondary N) is 1. The van der Waals surface area contributed by atoms with Gasteiger partial charge in [0.05, 0.1) is 0 Å². The molecule has 0 saturated carbocycles. The van der Waals surface area contributed by atoms with Gasteiger partial charge >= 0.3 is 0 Å². The first-order valence-corrected chi connectivity index (χ1v) is 5.38. The lowest BCUT2D eigenvalue weighted by molar-refractivity contribution is 0.0935. The normalized spacial score (nSPS) is 11.1. The topological polar surface area (TPSA) is 29.1 Å². The van der Waals surface area contributed by atoms with E-state index in [1.54, 1.807) is 0 Å². The van der Waals surface area contributed by atoms with Gasteiger partial charge in [-0.25, -0.2) is 0 Å². The van der Waals surface area contributed by atoms with Crippen LogP contribution >= 0.6 is 0 Å². The van der Waals surface area contributed by atoms with Crippen molar-refractivity contribution in [2.75, 3.05) is 6.54 Å². The van der Waals surface area contributed by atoms with E-state index in [0.29, 0.717) is 0 Å². The molecule has 1 aromatic carbocycles. The first kappa shape index (κ1) is 11.8. The number of carbonyl (C=O) groups is 1. The first-order chi connectivity index (χ1) is 7.05. The zero-order valence-electron chi connectivity index (χ0n) is 9.71. The van der Waals surface area contributed by atoms with Gasteiger partial charge in [0.25, 0.3) is 5.91 Å². The lowest BCUT2D eigenvalue weighted by Gasteiger charge is -2.22. The van der Waals surface area contributed by atoms with Crippen LogP contribution in [0.1, 0.15) is 37.6 Å². The lowest BCUT2D eigenvalue weighted by Crippen LogP contribution is -2.33. The summed E-state index contributed by atoms with van der Waals surface area (Å²) < 4.78 is 0. The molecule has 0 heterocycles. The third-order valence-corrected chi connectivity index (χ3v) is 2.72. The Labute approximate surface area is 91.7 Å². The average molecular weight is 205 g/mol. The van der Waals surface area contributed by atoms with Crippen LogP contribution in [-0.4, -0.2) is 12.5 Å². The van der Waals surface area contributed by atoms with E-state index in [0.717, 1.165) is 18.5 Å². The second kappa shape index (κ2) is 4.96. The highest BCUT2D eigenvalue weighted by molar-refractivity contribution is 5.94. The second-order valence-electron chi connectivity index (χ2n) is 4.57. The van der Waals surface area contributed by atoms with Crippen molar-refractivity contribution in [3.05, 3.63) is 35.9 Å². The maximum Gasteiger partial charge on any atom is 0.251 e. The number of hydrogen-bond acceptors (Lipinski definition) is 1. The smallest absolute Gasteiger partial charge is 0.251 e. The molecular weight excluding hydrogens is 186 g/mol. The standard InChI is InChI=1S/C13H19NO/c1-4-13(2,3)10-14-12(15)11-8-6-5-7-9-11/h5-9H,4,10H2,1-3H3,(H,14,15). The Kier molecular flexibility index (Phi) is 3.89.